The van der Waals surface area contributed by atoms with Crippen LogP contribution in [0.25, 0.3) is 11.3 Å². The van der Waals surface area contributed by atoms with Crippen LogP contribution in [0.3, 0.4) is 0 Å². The Kier molecular flexibility index (Phi) is 3.60. The van der Waals surface area contributed by atoms with Gasteiger partial charge in [-0.1, -0.05) is 27.7 Å². The van der Waals surface area contributed by atoms with Crippen LogP contribution in [-0.2, 0) is 6.54 Å². The van der Waals surface area contributed by atoms with Gasteiger partial charge < -0.3 is 10.3 Å². The molecule has 0 saturated heterocycles. The van der Waals surface area contributed by atoms with Crippen molar-refractivity contribution in [2.75, 3.05) is 5.73 Å². The second-order valence-electron chi connectivity index (χ2n) is 6.17. The Morgan fingerprint density at radius 1 is 1.37 bits per heavy atom. The number of hydrogen-bond donors (Lipinski definition) is 1. The number of nitrogens with zero attached hydrogens (tertiary/aromatic N) is 3. The molecule has 2 heterocycles. The molecule has 2 aromatic rings. The van der Waals surface area contributed by atoms with Gasteiger partial charge in [0.1, 0.15) is 5.82 Å². The van der Waals surface area contributed by atoms with Gasteiger partial charge in [0.05, 0.1) is 18.2 Å². The minimum atomic E-state index is 0.277. The lowest BCUT2D eigenvalue weighted by Crippen LogP contribution is -2.22. The maximum absolute atomic E-state index is 5.74. The Morgan fingerprint density at radius 2 is 2.11 bits per heavy atom. The highest BCUT2D eigenvalue weighted by Gasteiger charge is 2.21. The van der Waals surface area contributed by atoms with Crippen molar-refractivity contribution in [3.63, 3.8) is 0 Å². The van der Waals surface area contributed by atoms with Crippen molar-refractivity contribution < 1.29 is 0 Å². The molecule has 0 aliphatic heterocycles. The molecular formula is C15H22N4. The minimum absolute atomic E-state index is 0.277. The molecule has 0 bridgehead atoms. The molecule has 19 heavy (non-hydrogen) atoms. The van der Waals surface area contributed by atoms with E-state index < -0.39 is 0 Å². The van der Waals surface area contributed by atoms with Crippen LogP contribution in [0.5, 0.6) is 0 Å². The average Bonchev–Trinajstić information content (AvgIpc) is 2.76. The fraction of sp³-hybridized carbons (Fsp3) is 0.467. The molecule has 1 unspecified atom stereocenters. The van der Waals surface area contributed by atoms with Gasteiger partial charge in [-0.2, -0.15) is 0 Å². The predicted molar refractivity (Wildman–Crippen MR) is 78.5 cm³/mol. The molecule has 0 aliphatic rings. The van der Waals surface area contributed by atoms with E-state index in [4.69, 9.17) is 5.73 Å². The number of imidazole rings is 1. The first kappa shape index (κ1) is 13.6. The zero-order valence-corrected chi connectivity index (χ0v) is 12.1. The van der Waals surface area contributed by atoms with E-state index in [9.17, 15) is 0 Å². The second-order valence-corrected chi connectivity index (χ2v) is 6.17. The number of nitrogens with two attached hydrogens (primary N) is 1. The van der Waals surface area contributed by atoms with Crippen molar-refractivity contribution in [1.29, 1.82) is 0 Å². The largest absolute Gasteiger partial charge is 0.384 e. The number of nitrogen functional groups attached to an aromatic ring is 1. The molecule has 2 aromatic heterocycles. The maximum atomic E-state index is 5.74. The third-order valence-corrected chi connectivity index (χ3v) is 3.74. The molecule has 2 rings (SSSR count). The quantitative estimate of drug-likeness (QED) is 0.919. The molecule has 0 fully saturated rings. The minimum Gasteiger partial charge on any atom is -0.384 e. The van der Waals surface area contributed by atoms with Crippen LogP contribution in [0.15, 0.2) is 30.9 Å². The Bertz CT molecular complexity index is 551. The molecule has 4 heteroatoms. The fourth-order valence-electron chi connectivity index (χ4n) is 1.88. The van der Waals surface area contributed by atoms with Crippen LogP contribution >= 0.6 is 0 Å². The van der Waals surface area contributed by atoms with Crippen molar-refractivity contribution in [2.45, 2.75) is 34.2 Å². The third kappa shape index (κ3) is 3.13. The summed E-state index contributed by atoms with van der Waals surface area (Å²) in [4.78, 5) is 8.29. The Hall–Kier alpha value is -1.84. The Morgan fingerprint density at radius 3 is 2.74 bits per heavy atom. The molecule has 0 aromatic carbocycles. The zero-order valence-electron chi connectivity index (χ0n) is 12.1. The molecule has 0 radical (unpaired) electrons. The first-order valence-corrected chi connectivity index (χ1v) is 6.60. The topological polar surface area (TPSA) is 56.7 Å². The first-order chi connectivity index (χ1) is 8.88. The van der Waals surface area contributed by atoms with E-state index in [1.807, 2.05) is 24.7 Å². The summed E-state index contributed by atoms with van der Waals surface area (Å²) in [6.07, 6.45) is 5.49. The van der Waals surface area contributed by atoms with Crippen LogP contribution in [0.1, 0.15) is 27.7 Å². The van der Waals surface area contributed by atoms with E-state index in [1.54, 1.807) is 6.20 Å². The van der Waals surface area contributed by atoms with Gasteiger partial charge in [-0.05, 0) is 23.5 Å². The normalized spacial score (nSPS) is 13.5. The summed E-state index contributed by atoms with van der Waals surface area (Å²) in [5, 5.41) is 0. The number of anilines is 1. The van der Waals surface area contributed by atoms with Crippen LogP contribution in [0.4, 0.5) is 5.82 Å². The van der Waals surface area contributed by atoms with Crippen LogP contribution in [0, 0.1) is 11.3 Å². The summed E-state index contributed by atoms with van der Waals surface area (Å²) >= 11 is 0. The lowest BCUT2D eigenvalue weighted by atomic mass is 9.82. The number of rotatable bonds is 3. The van der Waals surface area contributed by atoms with Crippen molar-refractivity contribution in [1.82, 2.24) is 14.5 Å². The summed E-state index contributed by atoms with van der Waals surface area (Å²) in [5.74, 6) is 1.09. The SMILES string of the molecule is CC(Cn1cncc1-c1ccnc(N)c1)C(C)(C)C. The molecular weight excluding hydrogens is 236 g/mol. The number of aromatic nitrogens is 3. The van der Waals surface area contributed by atoms with E-state index in [0.717, 1.165) is 17.8 Å². The number of pyridine rings is 1. The summed E-state index contributed by atoms with van der Waals surface area (Å²) < 4.78 is 2.19. The molecule has 4 nitrogen and oxygen atoms in total. The molecule has 1 atom stereocenters. The number of hydrogen-bond acceptors (Lipinski definition) is 3. The van der Waals surface area contributed by atoms with Crippen LogP contribution in [0.2, 0.25) is 0 Å². The van der Waals surface area contributed by atoms with Gasteiger partial charge in [0.15, 0.2) is 0 Å². The molecule has 102 valence electrons. The van der Waals surface area contributed by atoms with Gasteiger partial charge in [-0.15, -0.1) is 0 Å². The van der Waals surface area contributed by atoms with Gasteiger partial charge in [0.2, 0.25) is 0 Å². The fourth-order valence-corrected chi connectivity index (χ4v) is 1.88. The monoisotopic (exact) mass is 258 g/mol. The lowest BCUT2D eigenvalue weighted by Gasteiger charge is -2.28. The van der Waals surface area contributed by atoms with Crippen molar-refractivity contribution >= 4 is 5.82 Å². The van der Waals surface area contributed by atoms with Crippen LogP contribution < -0.4 is 5.73 Å². The molecule has 0 spiro atoms. The van der Waals surface area contributed by atoms with E-state index >= 15 is 0 Å². The summed E-state index contributed by atoms with van der Waals surface area (Å²) in [7, 11) is 0. The zero-order chi connectivity index (χ0) is 14.0. The maximum Gasteiger partial charge on any atom is 0.123 e. The van der Waals surface area contributed by atoms with E-state index in [-0.39, 0.29) is 5.41 Å². The molecule has 0 aliphatic carbocycles. The Labute approximate surface area is 114 Å². The standard InChI is InChI=1S/C15H22N4/c1-11(15(2,3)4)9-19-10-17-8-13(19)12-5-6-18-14(16)7-12/h5-8,10-11H,9H2,1-4H3,(H2,16,18). The van der Waals surface area contributed by atoms with E-state index in [1.165, 1.54) is 0 Å². The van der Waals surface area contributed by atoms with E-state index in [2.05, 4.69) is 42.2 Å². The van der Waals surface area contributed by atoms with Gasteiger partial charge in [-0.25, -0.2) is 9.97 Å². The van der Waals surface area contributed by atoms with Gasteiger partial charge in [-0.3, -0.25) is 0 Å². The van der Waals surface area contributed by atoms with Gasteiger partial charge in [0, 0.05) is 18.3 Å². The highest BCUT2D eigenvalue weighted by molar-refractivity contribution is 5.61. The van der Waals surface area contributed by atoms with Crippen LogP contribution in [-0.4, -0.2) is 14.5 Å². The molecule has 0 saturated carbocycles. The highest BCUT2D eigenvalue weighted by atomic mass is 15.0. The smallest absolute Gasteiger partial charge is 0.123 e. The summed E-state index contributed by atoms with van der Waals surface area (Å²) in [5.41, 5.74) is 8.17. The van der Waals surface area contributed by atoms with Crippen molar-refractivity contribution in [3.05, 3.63) is 30.9 Å². The Balaban J connectivity index is 2.28. The first-order valence-electron chi connectivity index (χ1n) is 6.60. The third-order valence-electron chi connectivity index (χ3n) is 3.74. The summed E-state index contributed by atoms with van der Waals surface area (Å²) in [6.45, 7) is 10.0. The molecule has 2 N–H and O–H groups in total. The predicted octanol–water partition coefficient (Wildman–Crippen LogP) is 3.21. The average molecular weight is 258 g/mol. The van der Waals surface area contributed by atoms with Crippen molar-refractivity contribution in [3.8, 4) is 11.3 Å². The highest BCUT2D eigenvalue weighted by Crippen LogP contribution is 2.28. The van der Waals surface area contributed by atoms with Crippen molar-refractivity contribution in [2.24, 2.45) is 11.3 Å². The molecule has 0 amide bonds. The van der Waals surface area contributed by atoms with Gasteiger partial charge >= 0.3 is 0 Å². The second kappa shape index (κ2) is 5.03. The summed E-state index contributed by atoms with van der Waals surface area (Å²) in [6, 6.07) is 3.85. The van der Waals surface area contributed by atoms with E-state index in [0.29, 0.717) is 11.7 Å². The van der Waals surface area contributed by atoms with Gasteiger partial charge in [0.25, 0.3) is 0 Å². The lowest BCUT2D eigenvalue weighted by molar-refractivity contribution is 0.233.